The summed E-state index contributed by atoms with van der Waals surface area (Å²) in [6, 6.07) is 17.9. The van der Waals surface area contributed by atoms with Crippen molar-refractivity contribution in [2.75, 3.05) is 0 Å². The van der Waals surface area contributed by atoms with Crippen LogP contribution in [0.3, 0.4) is 0 Å². The molecule has 22 heavy (non-hydrogen) atoms. The highest BCUT2D eigenvalue weighted by Crippen LogP contribution is 2.28. The van der Waals surface area contributed by atoms with Crippen LogP contribution in [0.1, 0.15) is 38.5 Å². The van der Waals surface area contributed by atoms with E-state index in [2.05, 4.69) is 12.1 Å². The van der Waals surface area contributed by atoms with Gasteiger partial charge in [-0.3, -0.25) is 4.79 Å². The largest absolute Gasteiger partial charge is 0.426 e. The normalized spacial score (nSPS) is 15.5. The number of ether oxygens (including phenoxy) is 1. The van der Waals surface area contributed by atoms with Crippen molar-refractivity contribution in [3.63, 3.8) is 0 Å². The molecule has 0 unspecified atom stereocenters. The second-order valence-electron chi connectivity index (χ2n) is 6.08. The van der Waals surface area contributed by atoms with E-state index in [4.69, 9.17) is 4.74 Å². The Labute approximate surface area is 132 Å². The van der Waals surface area contributed by atoms with E-state index >= 15 is 0 Å². The van der Waals surface area contributed by atoms with Crippen LogP contribution in [-0.2, 0) is 4.79 Å². The molecule has 1 saturated carbocycles. The molecule has 114 valence electrons. The van der Waals surface area contributed by atoms with Gasteiger partial charge in [-0.15, -0.1) is 0 Å². The summed E-state index contributed by atoms with van der Waals surface area (Å²) in [7, 11) is 0. The maximum Gasteiger partial charge on any atom is 0.311 e. The molecule has 2 nitrogen and oxygen atoms in total. The standard InChI is InChI=1S/C20H22O2/c21-20(14-16-8-3-1-4-9-16)22-19-13-7-12-18(15-19)17-10-5-2-6-11-17/h2,5-7,10-13,15-16H,1,3-4,8-9,14H2. The van der Waals surface area contributed by atoms with Crippen molar-refractivity contribution >= 4 is 5.97 Å². The zero-order chi connectivity index (χ0) is 15.2. The Morgan fingerprint density at radius 1 is 0.909 bits per heavy atom. The molecule has 0 heterocycles. The van der Waals surface area contributed by atoms with Gasteiger partial charge in [0.25, 0.3) is 0 Å². The van der Waals surface area contributed by atoms with Gasteiger partial charge < -0.3 is 4.74 Å². The molecule has 0 aromatic heterocycles. The fraction of sp³-hybridized carbons (Fsp3) is 0.350. The van der Waals surface area contributed by atoms with Gasteiger partial charge in [0.2, 0.25) is 0 Å². The van der Waals surface area contributed by atoms with Crippen LogP contribution < -0.4 is 4.74 Å². The second-order valence-corrected chi connectivity index (χ2v) is 6.08. The van der Waals surface area contributed by atoms with E-state index in [9.17, 15) is 4.79 Å². The Kier molecular flexibility index (Phi) is 4.89. The molecular formula is C20H22O2. The van der Waals surface area contributed by atoms with Crippen LogP contribution in [-0.4, -0.2) is 5.97 Å². The molecule has 3 rings (SSSR count). The first-order chi connectivity index (χ1) is 10.8. The molecule has 2 heteroatoms. The summed E-state index contributed by atoms with van der Waals surface area (Å²) < 4.78 is 5.54. The average molecular weight is 294 g/mol. The monoisotopic (exact) mass is 294 g/mol. The predicted molar refractivity (Wildman–Crippen MR) is 88.7 cm³/mol. The summed E-state index contributed by atoms with van der Waals surface area (Å²) in [5.74, 6) is 1.05. The molecule has 0 radical (unpaired) electrons. The lowest BCUT2D eigenvalue weighted by Gasteiger charge is -2.20. The summed E-state index contributed by atoms with van der Waals surface area (Å²) in [4.78, 5) is 12.1. The minimum Gasteiger partial charge on any atom is -0.426 e. The summed E-state index contributed by atoms with van der Waals surface area (Å²) in [6.45, 7) is 0. The summed E-state index contributed by atoms with van der Waals surface area (Å²) >= 11 is 0. The predicted octanol–water partition coefficient (Wildman–Crippen LogP) is 5.23. The molecule has 2 aromatic rings. The van der Waals surface area contributed by atoms with Crippen molar-refractivity contribution in [2.24, 2.45) is 5.92 Å². The van der Waals surface area contributed by atoms with E-state index < -0.39 is 0 Å². The lowest BCUT2D eigenvalue weighted by molar-refractivity contribution is -0.135. The van der Waals surface area contributed by atoms with Gasteiger partial charge in [-0.1, -0.05) is 61.7 Å². The zero-order valence-electron chi connectivity index (χ0n) is 12.8. The quantitative estimate of drug-likeness (QED) is 0.570. The van der Waals surface area contributed by atoms with Gasteiger partial charge in [-0.25, -0.2) is 0 Å². The van der Waals surface area contributed by atoms with E-state index in [0.29, 0.717) is 18.1 Å². The number of hydrogen-bond donors (Lipinski definition) is 0. The molecule has 1 fully saturated rings. The second kappa shape index (κ2) is 7.26. The first-order valence-electron chi connectivity index (χ1n) is 8.17. The number of carbonyl (C=O) groups excluding carboxylic acids is 1. The van der Waals surface area contributed by atoms with Gasteiger partial charge in [-0.05, 0) is 42.0 Å². The molecule has 0 saturated heterocycles. The van der Waals surface area contributed by atoms with Gasteiger partial charge in [0.05, 0.1) is 0 Å². The van der Waals surface area contributed by atoms with Crippen LogP contribution >= 0.6 is 0 Å². The lowest BCUT2D eigenvalue weighted by Crippen LogP contribution is -2.16. The molecule has 0 spiro atoms. The number of hydrogen-bond acceptors (Lipinski definition) is 2. The van der Waals surface area contributed by atoms with Crippen LogP contribution in [0.2, 0.25) is 0 Å². The minimum absolute atomic E-state index is 0.0999. The number of rotatable bonds is 4. The van der Waals surface area contributed by atoms with Gasteiger partial charge in [0.1, 0.15) is 5.75 Å². The van der Waals surface area contributed by atoms with Gasteiger partial charge in [0.15, 0.2) is 0 Å². The Balaban J connectivity index is 1.64. The van der Waals surface area contributed by atoms with Crippen LogP contribution in [0.5, 0.6) is 5.75 Å². The Morgan fingerprint density at radius 2 is 1.64 bits per heavy atom. The Morgan fingerprint density at radius 3 is 2.41 bits per heavy atom. The molecule has 0 bridgehead atoms. The van der Waals surface area contributed by atoms with E-state index in [1.54, 1.807) is 0 Å². The molecule has 0 N–H and O–H groups in total. The summed E-state index contributed by atoms with van der Waals surface area (Å²) in [5.41, 5.74) is 2.20. The van der Waals surface area contributed by atoms with Crippen molar-refractivity contribution in [1.29, 1.82) is 0 Å². The Bertz CT molecular complexity index is 613. The van der Waals surface area contributed by atoms with Crippen molar-refractivity contribution < 1.29 is 9.53 Å². The molecule has 0 aliphatic heterocycles. The first-order valence-corrected chi connectivity index (χ1v) is 8.17. The zero-order valence-corrected chi connectivity index (χ0v) is 12.8. The van der Waals surface area contributed by atoms with E-state index in [1.807, 2.05) is 42.5 Å². The van der Waals surface area contributed by atoms with Crippen molar-refractivity contribution in [1.82, 2.24) is 0 Å². The van der Waals surface area contributed by atoms with Gasteiger partial charge in [0, 0.05) is 6.42 Å². The molecular weight excluding hydrogens is 272 g/mol. The summed E-state index contributed by atoms with van der Waals surface area (Å²) in [5, 5.41) is 0. The van der Waals surface area contributed by atoms with Gasteiger partial charge >= 0.3 is 5.97 Å². The third kappa shape index (κ3) is 3.97. The topological polar surface area (TPSA) is 26.3 Å². The van der Waals surface area contributed by atoms with Crippen molar-refractivity contribution in [2.45, 2.75) is 38.5 Å². The average Bonchev–Trinajstić information content (AvgIpc) is 2.57. The minimum atomic E-state index is -0.0999. The Hall–Kier alpha value is -2.09. The lowest BCUT2D eigenvalue weighted by atomic mass is 9.87. The highest BCUT2D eigenvalue weighted by atomic mass is 16.5. The van der Waals surface area contributed by atoms with E-state index in [1.165, 1.54) is 32.1 Å². The molecule has 1 aliphatic rings. The van der Waals surface area contributed by atoms with Crippen LogP contribution in [0.25, 0.3) is 11.1 Å². The maximum absolute atomic E-state index is 12.1. The highest BCUT2D eigenvalue weighted by molar-refractivity contribution is 5.74. The molecule has 2 aromatic carbocycles. The molecule has 0 atom stereocenters. The maximum atomic E-state index is 12.1. The van der Waals surface area contributed by atoms with Crippen LogP contribution in [0.4, 0.5) is 0 Å². The fourth-order valence-corrected chi connectivity index (χ4v) is 3.17. The number of carbonyl (C=O) groups is 1. The van der Waals surface area contributed by atoms with Crippen LogP contribution in [0, 0.1) is 5.92 Å². The summed E-state index contributed by atoms with van der Waals surface area (Å²) in [6.07, 6.45) is 6.70. The van der Waals surface area contributed by atoms with Gasteiger partial charge in [-0.2, -0.15) is 0 Å². The SMILES string of the molecule is O=C(CC1CCCCC1)Oc1cccc(-c2ccccc2)c1. The molecule has 0 amide bonds. The first kappa shape index (κ1) is 14.8. The van der Waals surface area contributed by atoms with Crippen molar-refractivity contribution in [3.8, 4) is 16.9 Å². The van der Waals surface area contributed by atoms with E-state index in [-0.39, 0.29) is 5.97 Å². The number of esters is 1. The third-order valence-electron chi connectivity index (χ3n) is 4.35. The smallest absolute Gasteiger partial charge is 0.311 e. The van der Waals surface area contributed by atoms with E-state index in [0.717, 1.165) is 11.1 Å². The fourth-order valence-electron chi connectivity index (χ4n) is 3.17. The van der Waals surface area contributed by atoms with Crippen LogP contribution in [0.15, 0.2) is 54.6 Å². The molecule has 1 aliphatic carbocycles. The van der Waals surface area contributed by atoms with Crippen molar-refractivity contribution in [3.05, 3.63) is 54.6 Å². The highest BCUT2D eigenvalue weighted by Gasteiger charge is 2.18. The number of benzene rings is 2. The third-order valence-corrected chi connectivity index (χ3v) is 4.35.